The van der Waals surface area contributed by atoms with Crippen LogP contribution in [-0.4, -0.2) is 64.0 Å². The van der Waals surface area contributed by atoms with Crippen molar-refractivity contribution >= 4 is 34.4 Å². The summed E-state index contributed by atoms with van der Waals surface area (Å²) in [6, 6.07) is 11.0. The summed E-state index contributed by atoms with van der Waals surface area (Å²) in [5.41, 5.74) is 1.30. The van der Waals surface area contributed by atoms with E-state index >= 15 is 0 Å². The Bertz CT molecular complexity index is 1040. The highest BCUT2D eigenvalue weighted by Gasteiger charge is 2.51. The number of likely N-dealkylation sites (tertiary alicyclic amines) is 1. The van der Waals surface area contributed by atoms with E-state index in [0.29, 0.717) is 35.9 Å². The summed E-state index contributed by atoms with van der Waals surface area (Å²) in [5, 5.41) is 8.20. The van der Waals surface area contributed by atoms with Crippen LogP contribution in [0.25, 0.3) is 11.0 Å². The Morgan fingerprint density at radius 1 is 1.18 bits per heavy atom. The van der Waals surface area contributed by atoms with Crippen LogP contribution in [0.1, 0.15) is 16.1 Å². The summed E-state index contributed by atoms with van der Waals surface area (Å²) in [6.07, 6.45) is 2.21. The van der Waals surface area contributed by atoms with Gasteiger partial charge in [0.25, 0.3) is 5.91 Å². The number of carbonyl (C=O) groups is 2. The number of H-pyrrole nitrogens is 1. The number of pyridine rings is 1. The topological polar surface area (TPSA) is 82.2 Å². The molecule has 144 valence electrons. The third-order valence-electron chi connectivity index (χ3n) is 5.11. The molecule has 7 nitrogen and oxygen atoms in total. The first kappa shape index (κ1) is 18.4. The fraction of sp³-hybridized carbons (Fsp3) is 0.300. The number of hydrogen-bond donors (Lipinski definition) is 1. The minimum absolute atomic E-state index is 0.0171. The number of aromatic nitrogens is 3. The minimum Gasteiger partial charge on any atom is -0.348 e. The molecule has 4 rings (SSSR count). The second-order valence-electron chi connectivity index (χ2n) is 7.45. The molecule has 3 aromatic rings. The molecule has 3 heterocycles. The number of carbonyl (C=O) groups excluding carboxylic acids is 2. The van der Waals surface area contributed by atoms with Gasteiger partial charge in [-0.2, -0.15) is 5.10 Å². The first-order valence-corrected chi connectivity index (χ1v) is 9.31. The van der Waals surface area contributed by atoms with E-state index in [9.17, 15) is 9.59 Å². The smallest absolute Gasteiger partial charge is 0.272 e. The van der Waals surface area contributed by atoms with Gasteiger partial charge in [0.2, 0.25) is 5.91 Å². The van der Waals surface area contributed by atoms with E-state index in [0.717, 1.165) is 10.9 Å². The summed E-state index contributed by atoms with van der Waals surface area (Å²) < 4.78 is 0. The number of nitrogens with one attached hydrogen (secondary N) is 1. The van der Waals surface area contributed by atoms with Crippen LogP contribution in [-0.2, 0) is 11.2 Å². The number of halogens is 1. The van der Waals surface area contributed by atoms with Crippen molar-refractivity contribution in [2.24, 2.45) is 5.41 Å². The fourth-order valence-electron chi connectivity index (χ4n) is 3.73. The Kier molecular flexibility index (Phi) is 4.55. The van der Waals surface area contributed by atoms with Crippen LogP contribution in [0, 0.1) is 5.41 Å². The highest BCUT2D eigenvalue weighted by atomic mass is 35.5. The van der Waals surface area contributed by atoms with E-state index in [4.69, 9.17) is 11.6 Å². The molecule has 2 aromatic heterocycles. The molecule has 28 heavy (non-hydrogen) atoms. The largest absolute Gasteiger partial charge is 0.348 e. The van der Waals surface area contributed by atoms with Gasteiger partial charge in [0.1, 0.15) is 5.69 Å². The number of nitrogens with zero attached hydrogens (tertiary/aromatic N) is 4. The number of benzene rings is 1. The molecule has 1 aromatic carbocycles. The normalized spacial score (nSPS) is 15.3. The number of amides is 2. The zero-order chi connectivity index (χ0) is 19.9. The summed E-state index contributed by atoms with van der Waals surface area (Å²) in [4.78, 5) is 33.4. The lowest BCUT2D eigenvalue weighted by atomic mass is 9.73. The molecule has 1 fully saturated rings. The van der Waals surface area contributed by atoms with E-state index in [-0.39, 0.29) is 11.8 Å². The second kappa shape index (κ2) is 6.91. The van der Waals surface area contributed by atoms with Gasteiger partial charge >= 0.3 is 0 Å². The number of hydrogen-bond acceptors (Lipinski definition) is 4. The molecule has 0 bridgehead atoms. The number of rotatable bonds is 4. The van der Waals surface area contributed by atoms with Crippen LogP contribution in [0.2, 0.25) is 5.02 Å². The van der Waals surface area contributed by atoms with Crippen molar-refractivity contribution < 1.29 is 9.59 Å². The van der Waals surface area contributed by atoms with Gasteiger partial charge in [-0.15, -0.1) is 0 Å². The summed E-state index contributed by atoms with van der Waals surface area (Å²) >= 11 is 5.97. The van der Waals surface area contributed by atoms with Crippen LogP contribution in [0.5, 0.6) is 0 Å². The molecule has 1 aliphatic heterocycles. The maximum Gasteiger partial charge on any atom is 0.272 e. The predicted molar refractivity (Wildman–Crippen MR) is 106 cm³/mol. The molecule has 2 amide bonds. The zero-order valence-corrected chi connectivity index (χ0v) is 16.4. The molecular weight excluding hydrogens is 378 g/mol. The average Bonchev–Trinajstić information content (AvgIpc) is 3.12. The first-order valence-electron chi connectivity index (χ1n) is 8.94. The molecule has 8 heteroatoms. The Labute approximate surface area is 167 Å². The SMILES string of the molecule is CN(C)C(=O)C1(Cc2ccc(Cl)cc2)CN(C(=O)c2ccc3cn[nH]c3n2)C1. The second-order valence-corrected chi connectivity index (χ2v) is 7.89. The Balaban J connectivity index is 1.54. The van der Waals surface area contributed by atoms with Crippen molar-refractivity contribution in [3.63, 3.8) is 0 Å². The van der Waals surface area contributed by atoms with Crippen molar-refractivity contribution in [1.82, 2.24) is 25.0 Å². The minimum atomic E-state index is -0.634. The Hall–Kier alpha value is -2.93. The van der Waals surface area contributed by atoms with E-state index in [1.807, 2.05) is 30.3 Å². The summed E-state index contributed by atoms with van der Waals surface area (Å²) in [6.45, 7) is 0.711. The van der Waals surface area contributed by atoms with Crippen LogP contribution in [0.15, 0.2) is 42.6 Å². The molecule has 1 saturated heterocycles. The highest BCUT2D eigenvalue weighted by Crippen LogP contribution is 2.37. The maximum atomic E-state index is 12.9. The summed E-state index contributed by atoms with van der Waals surface area (Å²) in [7, 11) is 3.48. The maximum absolute atomic E-state index is 12.9. The van der Waals surface area contributed by atoms with Crippen molar-refractivity contribution in [2.45, 2.75) is 6.42 Å². The lowest BCUT2D eigenvalue weighted by Gasteiger charge is -2.49. The first-order chi connectivity index (χ1) is 13.4. The molecule has 0 aliphatic carbocycles. The van der Waals surface area contributed by atoms with Gasteiger partial charge in [-0.25, -0.2) is 4.98 Å². The molecule has 0 atom stereocenters. The average molecular weight is 398 g/mol. The van der Waals surface area contributed by atoms with E-state index in [2.05, 4.69) is 15.2 Å². The molecule has 0 unspecified atom stereocenters. The Morgan fingerprint density at radius 3 is 2.57 bits per heavy atom. The Morgan fingerprint density at radius 2 is 1.89 bits per heavy atom. The van der Waals surface area contributed by atoms with Crippen molar-refractivity contribution in [2.75, 3.05) is 27.2 Å². The van der Waals surface area contributed by atoms with Crippen LogP contribution in [0.3, 0.4) is 0 Å². The van der Waals surface area contributed by atoms with E-state index in [1.165, 1.54) is 0 Å². The lowest BCUT2D eigenvalue weighted by Crippen LogP contribution is -2.65. The standard InChI is InChI=1S/C20H20ClN5O2/c1-25(2)19(28)20(9-13-3-6-15(21)7-4-13)11-26(12-20)18(27)16-8-5-14-10-22-24-17(14)23-16/h3-8,10H,9,11-12H2,1-2H3,(H,22,23,24). The predicted octanol–water partition coefficient (Wildman–Crippen LogP) is 2.38. The fourth-order valence-corrected chi connectivity index (χ4v) is 3.85. The highest BCUT2D eigenvalue weighted by molar-refractivity contribution is 6.30. The van der Waals surface area contributed by atoms with Crippen molar-refractivity contribution in [3.8, 4) is 0 Å². The van der Waals surface area contributed by atoms with Crippen LogP contribution >= 0.6 is 11.6 Å². The lowest BCUT2D eigenvalue weighted by molar-refractivity contribution is -0.148. The van der Waals surface area contributed by atoms with Gasteiger partial charge < -0.3 is 9.80 Å². The van der Waals surface area contributed by atoms with Gasteiger partial charge in [0.05, 0.1) is 11.6 Å². The molecule has 1 N–H and O–H groups in total. The summed E-state index contributed by atoms with van der Waals surface area (Å²) in [5.74, 6) is -0.168. The van der Waals surface area contributed by atoms with Gasteiger partial charge in [-0.1, -0.05) is 23.7 Å². The monoisotopic (exact) mass is 397 g/mol. The number of fused-ring (bicyclic) bond motifs is 1. The van der Waals surface area contributed by atoms with E-state index in [1.54, 1.807) is 36.2 Å². The van der Waals surface area contributed by atoms with Crippen molar-refractivity contribution in [1.29, 1.82) is 0 Å². The third kappa shape index (κ3) is 3.22. The number of aromatic amines is 1. The van der Waals surface area contributed by atoms with Gasteiger partial charge in [-0.05, 0) is 36.2 Å². The van der Waals surface area contributed by atoms with Crippen molar-refractivity contribution in [3.05, 3.63) is 58.9 Å². The van der Waals surface area contributed by atoms with Gasteiger partial charge in [0.15, 0.2) is 5.65 Å². The third-order valence-corrected chi connectivity index (χ3v) is 5.36. The van der Waals surface area contributed by atoms with E-state index < -0.39 is 5.41 Å². The van der Waals surface area contributed by atoms with Crippen LogP contribution in [0.4, 0.5) is 0 Å². The molecule has 0 radical (unpaired) electrons. The molecule has 0 spiro atoms. The van der Waals surface area contributed by atoms with Gasteiger partial charge in [-0.3, -0.25) is 14.7 Å². The van der Waals surface area contributed by atoms with Crippen LogP contribution < -0.4 is 0 Å². The molecular formula is C20H20ClN5O2. The van der Waals surface area contributed by atoms with Gasteiger partial charge in [0, 0.05) is 37.6 Å². The zero-order valence-electron chi connectivity index (χ0n) is 15.6. The molecule has 0 saturated carbocycles. The molecule has 1 aliphatic rings. The quantitative estimate of drug-likeness (QED) is 0.732.